The number of hydrogen-bond donors (Lipinski definition) is 3. The molecule has 64 valence electrons. The molecule has 3 N–H and O–H groups in total. The quantitative estimate of drug-likeness (QED) is 0.460. The largest absolute Gasteiger partial charge is 0.490 e. The molecule has 4 nitrogen and oxygen atoms in total. The number of rotatable bonds is 1. The van der Waals surface area contributed by atoms with Crippen LogP contribution >= 0.6 is 0 Å². The van der Waals surface area contributed by atoms with Crippen molar-refractivity contribution >= 4 is 0 Å². The van der Waals surface area contributed by atoms with Crippen LogP contribution in [0.25, 0.3) is 0 Å². The maximum Gasteiger partial charge on any atom is 0.149 e. The van der Waals surface area contributed by atoms with Crippen LogP contribution in [0.3, 0.4) is 0 Å². The minimum Gasteiger partial charge on any atom is -0.490 e. The Balaban J connectivity index is 2.58. The van der Waals surface area contributed by atoms with Gasteiger partial charge < -0.3 is 20.1 Å². The van der Waals surface area contributed by atoms with Crippen LogP contribution in [0, 0.1) is 0 Å². The van der Waals surface area contributed by atoms with Crippen molar-refractivity contribution in [1.82, 2.24) is 0 Å². The highest BCUT2D eigenvalue weighted by atomic mass is 16.5. The van der Waals surface area contributed by atoms with Crippen LogP contribution < -0.4 is 0 Å². The maximum absolute atomic E-state index is 9.18. The predicted molar refractivity (Wildman–Crippen MR) is 37.7 cm³/mol. The zero-order valence-electron chi connectivity index (χ0n) is 6.10. The molecule has 0 unspecified atom stereocenters. The van der Waals surface area contributed by atoms with Gasteiger partial charge in [0.05, 0.1) is 18.5 Å². The summed E-state index contributed by atoms with van der Waals surface area (Å²) in [6, 6.07) is 0. The second-order valence-corrected chi connectivity index (χ2v) is 2.64. The Morgan fingerprint density at radius 2 is 2.18 bits per heavy atom. The third kappa shape index (κ3) is 1.71. The molecule has 0 spiro atoms. The molecule has 0 radical (unpaired) electrons. The second kappa shape index (κ2) is 3.21. The monoisotopic (exact) mass is 160 g/mol. The van der Waals surface area contributed by atoms with Gasteiger partial charge in [-0.3, -0.25) is 0 Å². The van der Waals surface area contributed by atoms with Crippen molar-refractivity contribution in [3.63, 3.8) is 0 Å². The first-order chi connectivity index (χ1) is 5.15. The number of ether oxygens (including phenoxy) is 1. The van der Waals surface area contributed by atoms with Gasteiger partial charge in [-0.1, -0.05) is 6.58 Å². The molecule has 0 aromatic carbocycles. The van der Waals surface area contributed by atoms with Crippen LogP contribution in [0.2, 0.25) is 0 Å². The summed E-state index contributed by atoms with van der Waals surface area (Å²) in [5.41, 5.74) is 0. The fraction of sp³-hybridized carbons (Fsp3) is 0.714. The van der Waals surface area contributed by atoms with E-state index < -0.39 is 18.3 Å². The first-order valence-corrected chi connectivity index (χ1v) is 3.46. The van der Waals surface area contributed by atoms with Gasteiger partial charge in [0.2, 0.25) is 0 Å². The molecule has 1 aliphatic rings. The van der Waals surface area contributed by atoms with Crippen LogP contribution in [-0.2, 0) is 4.74 Å². The van der Waals surface area contributed by atoms with Gasteiger partial charge in [0.15, 0.2) is 0 Å². The fourth-order valence-corrected chi connectivity index (χ4v) is 1.08. The molecule has 4 heteroatoms. The van der Waals surface area contributed by atoms with E-state index >= 15 is 0 Å². The molecule has 0 saturated carbocycles. The van der Waals surface area contributed by atoms with Crippen LogP contribution in [0.15, 0.2) is 12.3 Å². The lowest BCUT2D eigenvalue weighted by Crippen LogP contribution is -2.45. The number of aliphatic hydroxyl groups is 3. The van der Waals surface area contributed by atoms with Crippen molar-refractivity contribution in [2.45, 2.75) is 24.7 Å². The Morgan fingerprint density at radius 3 is 2.73 bits per heavy atom. The first kappa shape index (κ1) is 8.52. The lowest BCUT2D eigenvalue weighted by molar-refractivity contribution is -0.120. The van der Waals surface area contributed by atoms with E-state index in [0.717, 1.165) is 0 Å². The average Bonchev–Trinajstić information content (AvgIpc) is 1.96. The molecule has 0 bridgehead atoms. The van der Waals surface area contributed by atoms with Gasteiger partial charge in [0.25, 0.3) is 0 Å². The average molecular weight is 160 g/mol. The van der Waals surface area contributed by atoms with Gasteiger partial charge in [-0.25, -0.2) is 0 Å². The number of hydrogen-bond acceptors (Lipinski definition) is 4. The van der Waals surface area contributed by atoms with Gasteiger partial charge in [0.1, 0.15) is 12.2 Å². The topological polar surface area (TPSA) is 69.9 Å². The zero-order valence-corrected chi connectivity index (χ0v) is 6.10. The molecule has 0 aliphatic carbocycles. The molecule has 3 atom stereocenters. The van der Waals surface area contributed by atoms with Crippen LogP contribution in [0.1, 0.15) is 6.42 Å². The normalized spacial score (nSPS) is 38.5. The summed E-state index contributed by atoms with van der Waals surface area (Å²) < 4.78 is 4.96. The van der Waals surface area contributed by atoms with Crippen molar-refractivity contribution < 1.29 is 20.1 Å². The molecule has 11 heavy (non-hydrogen) atoms. The molecule has 1 heterocycles. The van der Waals surface area contributed by atoms with Crippen molar-refractivity contribution in [1.29, 1.82) is 0 Å². The summed E-state index contributed by atoms with van der Waals surface area (Å²) in [5, 5.41) is 27.0. The van der Waals surface area contributed by atoms with E-state index in [1.165, 1.54) is 0 Å². The van der Waals surface area contributed by atoms with E-state index in [2.05, 4.69) is 6.58 Å². The van der Waals surface area contributed by atoms with Gasteiger partial charge in [0, 0.05) is 6.42 Å². The number of aliphatic hydroxyl groups excluding tert-OH is 3. The van der Waals surface area contributed by atoms with Crippen LogP contribution in [0.5, 0.6) is 0 Å². The predicted octanol–water partition coefficient (Wildman–Crippen LogP) is -0.997. The highest BCUT2D eigenvalue weighted by Gasteiger charge is 2.33. The first-order valence-electron chi connectivity index (χ1n) is 3.46. The van der Waals surface area contributed by atoms with Crippen LogP contribution in [0.4, 0.5) is 0 Å². The Labute approximate surface area is 64.7 Å². The van der Waals surface area contributed by atoms with E-state index in [-0.39, 0.29) is 13.0 Å². The molecule has 0 aromatic rings. The summed E-state index contributed by atoms with van der Waals surface area (Å²) in [6.07, 6.45) is -2.37. The van der Waals surface area contributed by atoms with Gasteiger partial charge in [-0.2, -0.15) is 0 Å². The summed E-state index contributed by atoms with van der Waals surface area (Å²) >= 11 is 0. The summed E-state index contributed by atoms with van der Waals surface area (Å²) in [6.45, 7) is 3.18. The third-order valence-corrected chi connectivity index (χ3v) is 1.71. The Kier molecular flexibility index (Phi) is 2.49. The van der Waals surface area contributed by atoms with Crippen LogP contribution in [-0.4, -0.2) is 40.2 Å². The van der Waals surface area contributed by atoms with Crippen molar-refractivity contribution in [3.8, 4) is 0 Å². The van der Waals surface area contributed by atoms with Gasteiger partial charge in [-0.15, -0.1) is 0 Å². The highest BCUT2D eigenvalue weighted by molar-refractivity contribution is 4.96. The highest BCUT2D eigenvalue weighted by Crippen LogP contribution is 2.21. The third-order valence-electron chi connectivity index (χ3n) is 1.71. The van der Waals surface area contributed by atoms with E-state index in [1.54, 1.807) is 0 Å². The molecular formula is C7H12O4. The Bertz CT molecular complexity index is 157. The second-order valence-electron chi connectivity index (χ2n) is 2.64. The van der Waals surface area contributed by atoms with Gasteiger partial charge >= 0.3 is 0 Å². The van der Waals surface area contributed by atoms with E-state index in [0.29, 0.717) is 5.76 Å². The zero-order chi connectivity index (χ0) is 8.43. The van der Waals surface area contributed by atoms with Crippen molar-refractivity contribution in [2.24, 2.45) is 0 Å². The Morgan fingerprint density at radius 1 is 1.55 bits per heavy atom. The molecular weight excluding hydrogens is 148 g/mol. The molecule has 0 amide bonds. The lowest BCUT2D eigenvalue weighted by Gasteiger charge is -2.32. The van der Waals surface area contributed by atoms with Crippen molar-refractivity contribution in [2.75, 3.05) is 6.61 Å². The molecule has 1 aliphatic heterocycles. The standard InChI is InChI=1S/C7H12O4/c1-4-2-5(9)7(10)6(3-8)11-4/h5-10H,1-3H2/t5-,6-,7-/m1/s1. The maximum atomic E-state index is 9.18. The molecule has 1 rings (SSSR count). The summed E-state index contributed by atoms with van der Waals surface area (Å²) in [4.78, 5) is 0. The lowest BCUT2D eigenvalue weighted by atomic mass is 10.0. The molecule has 1 fully saturated rings. The Hall–Kier alpha value is -0.580. The molecule has 1 saturated heterocycles. The summed E-state index contributed by atoms with van der Waals surface area (Å²) in [7, 11) is 0. The fourth-order valence-electron chi connectivity index (χ4n) is 1.08. The van der Waals surface area contributed by atoms with E-state index in [4.69, 9.17) is 14.9 Å². The smallest absolute Gasteiger partial charge is 0.149 e. The minimum atomic E-state index is -1.01. The van der Waals surface area contributed by atoms with E-state index in [9.17, 15) is 5.11 Å². The van der Waals surface area contributed by atoms with E-state index in [1.807, 2.05) is 0 Å². The van der Waals surface area contributed by atoms with Crippen molar-refractivity contribution in [3.05, 3.63) is 12.3 Å². The molecule has 0 aromatic heterocycles. The minimum absolute atomic E-state index is 0.234. The summed E-state index contributed by atoms with van der Waals surface area (Å²) in [5.74, 6) is 0.404. The SMILES string of the molecule is C=C1C[C@@H](O)[C@@H](O)[C@@H](CO)O1. The van der Waals surface area contributed by atoms with Gasteiger partial charge in [-0.05, 0) is 0 Å².